The number of benzene rings is 1. The second kappa shape index (κ2) is 7.62. The van der Waals surface area contributed by atoms with Gasteiger partial charge in [-0.2, -0.15) is 4.98 Å². The van der Waals surface area contributed by atoms with Gasteiger partial charge in [0.25, 0.3) is 0 Å². The first-order valence-corrected chi connectivity index (χ1v) is 9.87. The first-order chi connectivity index (χ1) is 12.7. The molecule has 2 aromatic rings. The molecule has 1 fully saturated rings. The Morgan fingerprint density at radius 1 is 1.15 bits per heavy atom. The molecule has 2 atom stereocenters. The van der Waals surface area contributed by atoms with Crippen LogP contribution in [0.1, 0.15) is 54.8 Å². The summed E-state index contributed by atoms with van der Waals surface area (Å²) in [6, 6.07) is 11.3. The van der Waals surface area contributed by atoms with Gasteiger partial charge in [-0.1, -0.05) is 30.3 Å². The normalized spacial score (nSPS) is 23.0. The lowest BCUT2D eigenvalue weighted by Crippen LogP contribution is -2.27. The Kier molecular flexibility index (Phi) is 5.07. The maximum absolute atomic E-state index is 6.07. The minimum absolute atomic E-state index is 0.326. The molecule has 0 spiro atoms. The average molecular weight is 351 g/mol. The van der Waals surface area contributed by atoms with Gasteiger partial charge in [-0.05, 0) is 57.7 Å². The number of fused-ring (bicyclic) bond motifs is 1. The lowest BCUT2D eigenvalue weighted by Gasteiger charge is -2.27. The summed E-state index contributed by atoms with van der Waals surface area (Å²) in [4.78, 5) is 11.7. The van der Waals surface area contributed by atoms with Gasteiger partial charge in [-0.3, -0.25) is 0 Å². The Hall–Kier alpha value is -2.14. The van der Waals surface area contributed by atoms with Crippen molar-refractivity contribution in [1.82, 2.24) is 14.9 Å². The molecule has 3 N–H and O–H groups in total. The van der Waals surface area contributed by atoms with Gasteiger partial charge in [0.1, 0.15) is 5.82 Å². The van der Waals surface area contributed by atoms with E-state index in [9.17, 15) is 0 Å². The van der Waals surface area contributed by atoms with Crippen molar-refractivity contribution in [3.05, 3.63) is 47.2 Å². The third-order valence-corrected chi connectivity index (χ3v) is 5.95. The molecule has 0 amide bonds. The zero-order chi connectivity index (χ0) is 17.9. The molecule has 0 radical (unpaired) electrons. The molecule has 26 heavy (non-hydrogen) atoms. The number of nitrogen functional groups attached to an aromatic ring is 1. The maximum atomic E-state index is 6.07. The predicted molar refractivity (Wildman–Crippen MR) is 106 cm³/mol. The van der Waals surface area contributed by atoms with Crippen LogP contribution in [-0.2, 0) is 6.42 Å². The zero-order valence-electron chi connectivity index (χ0n) is 15.6. The molecule has 1 aromatic heterocycles. The smallest absolute Gasteiger partial charge is 0.222 e. The molecule has 1 aliphatic heterocycles. The minimum atomic E-state index is 0.326. The summed E-state index contributed by atoms with van der Waals surface area (Å²) in [5, 5.41) is 3.58. The van der Waals surface area contributed by atoms with Crippen molar-refractivity contribution in [3.8, 4) is 0 Å². The van der Waals surface area contributed by atoms with Crippen molar-refractivity contribution >= 4 is 11.8 Å². The molecule has 2 heterocycles. The fourth-order valence-corrected chi connectivity index (χ4v) is 4.53. The summed E-state index contributed by atoms with van der Waals surface area (Å²) in [5.74, 6) is 1.66. The highest BCUT2D eigenvalue weighted by molar-refractivity contribution is 5.53. The van der Waals surface area contributed by atoms with Gasteiger partial charge in [0, 0.05) is 24.1 Å². The molecule has 5 nitrogen and oxygen atoms in total. The molecular weight excluding hydrogens is 322 g/mol. The van der Waals surface area contributed by atoms with Gasteiger partial charge in [-0.25, -0.2) is 4.98 Å². The number of nitrogens with two attached hydrogens (primary N) is 1. The van der Waals surface area contributed by atoms with Crippen LogP contribution in [-0.4, -0.2) is 41.0 Å². The van der Waals surface area contributed by atoms with Gasteiger partial charge >= 0.3 is 0 Å². The lowest BCUT2D eigenvalue weighted by atomic mass is 9.82. The Morgan fingerprint density at radius 3 is 2.77 bits per heavy atom. The van der Waals surface area contributed by atoms with Gasteiger partial charge in [0.2, 0.25) is 5.95 Å². The summed E-state index contributed by atoms with van der Waals surface area (Å²) in [7, 11) is 2.23. The second-order valence-corrected chi connectivity index (χ2v) is 7.64. The summed E-state index contributed by atoms with van der Waals surface area (Å²) >= 11 is 0. The molecule has 1 aromatic carbocycles. The van der Waals surface area contributed by atoms with E-state index in [1.165, 1.54) is 36.9 Å². The summed E-state index contributed by atoms with van der Waals surface area (Å²) in [6.45, 7) is 2.16. The molecule has 2 aliphatic rings. The molecule has 138 valence electrons. The van der Waals surface area contributed by atoms with Crippen molar-refractivity contribution in [2.75, 3.05) is 31.2 Å². The van der Waals surface area contributed by atoms with Crippen LogP contribution in [0.25, 0.3) is 0 Å². The van der Waals surface area contributed by atoms with E-state index in [-0.39, 0.29) is 0 Å². The molecule has 1 aliphatic carbocycles. The van der Waals surface area contributed by atoms with Crippen LogP contribution in [0.5, 0.6) is 0 Å². The van der Waals surface area contributed by atoms with Gasteiger partial charge in [0.15, 0.2) is 0 Å². The van der Waals surface area contributed by atoms with Crippen LogP contribution < -0.4 is 11.1 Å². The van der Waals surface area contributed by atoms with Crippen LogP contribution in [0.2, 0.25) is 0 Å². The number of hydrogen-bond donors (Lipinski definition) is 2. The predicted octanol–water partition coefficient (Wildman–Crippen LogP) is 3.42. The first kappa shape index (κ1) is 17.3. The lowest BCUT2D eigenvalue weighted by molar-refractivity contribution is 0.301. The summed E-state index contributed by atoms with van der Waals surface area (Å²) in [5.41, 5.74) is 9.78. The van der Waals surface area contributed by atoms with Crippen LogP contribution in [0, 0.1) is 0 Å². The molecule has 5 heteroatoms. The van der Waals surface area contributed by atoms with Crippen molar-refractivity contribution in [3.63, 3.8) is 0 Å². The van der Waals surface area contributed by atoms with Gasteiger partial charge in [0.05, 0.1) is 5.69 Å². The number of aromatic nitrogens is 2. The number of likely N-dealkylation sites (tertiary alicyclic amines) is 1. The summed E-state index contributed by atoms with van der Waals surface area (Å²) < 4.78 is 0. The number of nitrogens with zero attached hydrogens (tertiary/aromatic N) is 3. The van der Waals surface area contributed by atoms with E-state index in [1.54, 1.807) is 0 Å². The zero-order valence-corrected chi connectivity index (χ0v) is 15.6. The van der Waals surface area contributed by atoms with E-state index in [2.05, 4.69) is 57.6 Å². The van der Waals surface area contributed by atoms with Crippen molar-refractivity contribution in [2.45, 2.75) is 50.5 Å². The Balaban J connectivity index is 1.54. The standard InChI is InChI=1S/C21H29N5/c1-26-14-6-9-16(26)12-13-23-20-18-11-5-10-17(15-7-3-2-4-8-15)19(18)24-21(22)25-20/h2-4,7-8,16-17H,5-6,9-14H2,1H3,(H3,22,23,24,25). The van der Waals surface area contributed by atoms with Gasteiger partial charge in [-0.15, -0.1) is 0 Å². The number of rotatable bonds is 5. The van der Waals surface area contributed by atoms with Crippen LogP contribution in [0.4, 0.5) is 11.8 Å². The maximum Gasteiger partial charge on any atom is 0.222 e. The average Bonchev–Trinajstić information content (AvgIpc) is 3.07. The third kappa shape index (κ3) is 3.54. The largest absolute Gasteiger partial charge is 0.370 e. The molecule has 0 bridgehead atoms. The van der Waals surface area contributed by atoms with Gasteiger partial charge < -0.3 is 16.0 Å². The van der Waals surface area contributed by atoms with Crippen LogP contribution >= 0.6 is 0 Å². The molecule has 1 saturated heterocycles. The highest BCUT2D eigenvalue weighted by Crippen LogP contribution is 2.38. The Bertz CT molecular complexity index is 746. The molecular formula is C21H29N5. The van der Waals surface area contributed by atoms with E-state index >= 15 is 0 Å². The third-order valence-electron chi connectivity index (χ3n) is 5.95. The number of nitrogens with one attached hydrogen (secondary N) is 1. The fourth-order valence-electron chi connectivity index (χ4n) is 4.53. The first-order valence-electron chi connectivity index (χ1n) is 9.87. The Labute approximate surface area is 156 Å². The van der Waals surface area contributed by atoms with Crippen molar-refractivity contribution < 1.29 is 0 Å². The van der Waals surface area contributed by atoms with E-state index in [4.69, 9.17) is 5.73 Å². The topological polar surface area (TPSA) is 67.1 Å². The highest BCUT2D eigenvalue weighted by atomic mass is 15.2. The number of hydrogen-bond acceptors (Lipinski definition) is 5. The van der Waals surface area contributed by atoms with E-state index in [1.807, 2.05) is 0 Å². The summed E-state index contributed by atoms with van der Waals surface area (Å²) in [6.07, 6.45) is 7.09. The monoisotopic (exact) mass is 351 g/mol. The number of anilines is 2. The molecule has 4 rings (SSSR count). The van der Waals surface area contributed by atoms with Crippen molar-refractivity contribution in [1.29, 1.82) is 0 Å². The minimum Gasteiger partial charge on any atom is -0.370 e. The Morgan fingerprint density at radius 2 is 2.00 bits per heavy atom. The van der Waals surface area contributed by atoms with Crippen LogP contribution in [0.15, 0.2) is 30.3 Å². The molecule has 2 unspecified atom stereocenters. The van der Waals surface area contributed by atoms with E-state index in [0.29, 0.717) is 17.9 Å². The van der Waals surface area contributed by atoms with E-state index < -0.39 is 0 Å². The second-order valence-electron chi connectivity index (χ2n) is 7.64. The fraction of sp³-hybridized carbons (Fsp3) is 0.524. The van der Waals surface area contributed by atoms with Crippen molar-refractivity contribution in [2.24, 2.45) is 0 Å². The van der Waals surface area contributed by atoms with E-state index in [0.717, 1.165) is 37.3 Å². The quantitative estimate of drug-likeness (QED) is 0.864. The highest BCUT2D eigenvalue weighted by Gasteiger charge is 2.27. The SMILES string of the molecule is CN1CCCC1CCNc1nc(N)nc2c1CCCC2c1ccccc1. The van der Waals surface area contributed by atoms with Crippen LogP contribution in [0.3, 0.4) is 0 Å². The molecule has 0 saturated carbocycles.